The van der Waals surface area contributed by atoms with Gasteiger partial charge in [0.25, 0.3) is 0 Å². The van der Waals surface area contributed by atoms with Crippen LogP contribution >= 0.6 is 0 Å². The van der Waals surface area contributed by atoms with Crippen LogP contribution in [0.3, 0.4) is 0 Å². The van der Waals surface area contributed by atoms with Crippen molar-refractivity contribution < 1.29 is 18.7 Å². The molecule has 124 valence electrons. The molecule has 4 nitrogen and oxygen atoms in total. The van der Waals surface area contributed by atoms with Gasteiger partial charge in [-0.05, 0) is 29.1 Å². The molecular formula is C20H14FNO3. The lowest BCUT2D eigenvalue weighted by molar-refractivity contribution is -0.137. The summed E-state index contributed by atoms with van der Waals surface area (Å²) in [5.41, 5.74) is 0.877. The molecule has 0 spiro atoms. The Balaban J connectivity index is 1.69. The van der Waals surface area contributed by atoms with Gasteiger partial charge in [-0.15, -0.1) is 0 Å². The summed E-state index contributed by atoms with van der Waals surface area (Å²) in [7, 11) is 0. The molecule has 1 aliphatic heterocycles. The number of rotatable bonds is 2. The van der Waals surface area contributed by atoms with Crippen LogP contribution < -0.4 is 10.1 Å². The zero-order valence-electron chi connectivity index (χ0n) is 13.2. The molecule has 3 aromatic carbocycles. The lowest BCUT2D eigenvalue weighted by atomic mass is 9.90. The highest BCUT2D eigenvalue weighted by Gasteiger charge is 2.32. The molecule has 4 rings (SSSR count). The Kier molecular flexibility index (Phi) is 3.69. The number of anilines is 1. The first-order valence-corrected chi connectivity index (χ1v) is 7.90. The zero-order valence-corrected chi connectivity index (χ0v) is 13.2. The van der Waals surface area contributed by atoms with Crippen molar-refractivity contribution in [3.05, 3.63) is 72.0 Å². The van der Waals surface area contributed by atoms with E-state index in [0.29, 0.717) is 17.0 Å². The van der Waals surface area contributed by atoms with Crippen LogP contribution in [0.4, 0.5) is 10.1 Å². The Morgan fingerprint density at radius 3 is 2.76 bits per heavy atom. The number of halogens is 1. The molecule has 1 heterocycles. The quantitative estimate of drug-likeness (QED) is 0.569. The van der Waals surface area contributed by atoms with E-state index in [-0.39, 0.29) is 12.3 Å². The summed E-state index contributed by atoms with van der Waals surface area (Å²) in [6, 6.07) is 17.0. The van der Waals surface area contributed by atoms with Crippen molar-refractivity contribution in [2.45, 2.75) is 12.3 Å². The number of ether oxygens (including phenoxy) is 1. The molecule has 0 fully saturated rings. The number of carbonyl (C=O) groups is 2. The molecule has 0 saturated heterocycles. The predicted octanol–water partition coefficient (Wildman–Crippen LogP) is 4.01. The molecule has 1 aliphatic rings. The van der Waals surface area contributed by atoms with Crippen LogP contribution in [0.25, 0.3) is 10.8 Å². The Bertz CT molecular complexity index is 994. The molecule has 0 aromatic heterocycles. The van der Waals surface area contributed by atoms with Gasteiger partial charge in [0.05, 0.1) is 5.92 Å². The number of nitrogens with one attached hydrogen (secondary N) is 1. The molecule has 5 heteroatoms. The summed E-state index contributed by atoms with van der Waals surface area (Å²) >= 11 is 0. The summed E-state index contributed by atoms with van der Waals surface area (Å²) in [6.07, 6.45) is -0.0256. The second-order valence-electron chi connectivity index (χ2n) is 5.93. The van der Waals surface area contributed by atoms with Gasteiger partial charge in [-0.2, -0.15) is 0 Å². The monoisotopic (exact) mass is 335 g/mol. The smallest absolute Gasteiger partial charge is 0.319 e. The second-order valence-corrected chi connectivity index (χ2v) is 5.93. The van der Waals surface area contributed by atoms with Crippen molar-refractivity contribution in [2.24, 2.45) is 0 Å². The average Bonchev–Trinajstić information content (AvgIpc) is 2.61. The Labute approximate surface area is 143 Å². The largest absolute Gasteiger partial charge is 0.425 e. The standard InChI is InChI=1S/C20H14FNO3/c21-13-8-9-15-16(11-19(23)22-17(15)10-13)20(24)25-18-7-3-5-12-4-1-2-6-14(12)18/h1-10,16H,11H2,(H,22,23). The number of fused-ring (bicyclic) bond motifs is 2. The normalized spacial score (nSPS) is 16.2. The summed E-state index contributed by atoms with van der Waals surface area (Å²) < 4.78 is 19.0. The van der Waals surface area contributed by atoms with E-state index in [1.165, 1.54) is 18.2 Å². The lowest BCUT2D eigenvalue weighted by Gasteiger charge is -2.24. The van der Waals surface area contributed by atoms with E-state index in [4.69, 9.17) is 4.74 Å². The SMILES string of the molecule is O=C1CC(C(=O)Oc2cccc3ccccc23)c2ccc(F)cc2N1. The van der Waals surface area contributed by atoms with Crippen molar-refractivity contribution in [3.8, 4) is 5.75 Å². The van der Waals surface area contributed by atoms with Crippen LogP contribution in [-0.2, 0) is 9.59 Å². The Morgan fingerprint density at radius 2 is 1.88 bits per heavy atom. The van der Waals surface area contributed by atoms with Crippen molar-refractivity contribution in [3.63, 3.8) is 0 Å². The number of amides is 1. The predicted molar refractivity (Wildman–Crippen MR) is 92.0 cm³/mol. The molecule has 1 N–H and O–H groups in total. The number of hydrogen-bond donors (Lipinski definition) is 1. The third-order valence-corrected chi connectivity index (χ3v) is 4.30. The van der Waals surface area contributed by atoms with E-state index in [9.17, 15) is 14.0 Å². The molecular weight excluding hydrogens is 321 g/mol. The van der Waals surface area contributed by atoms with E-state index in [2.05, 4.69) is 5.32 Å². The summed E-state index contributed by atoms with van der Waals surface area (Å²) in [5.74, 6) is -1.65. The fourth-order valence-electron chi connectivity index (χ4n) is 3.11. The Hall–Kier alpha value is -3.21. The highest BCUT2D eigenvalue weighted by atomic mass is 19.1. The highest BCUT2D eigenvalue weighted by molar-refractivity contribution is 6.01. The second kappa shape index (κ2) is 6.02. The molecule has 3 aromatic rings. The maximum Gasteiger partial charge on any atom is 0.319 e. The van der Waals surface area contributed by atoms with Gasteiger partial charge in [-0.3, -0.25) is 9.59 Å². The van der Waals surface area contributed by atoms with Crippen molar-refractivity contribution in [1.29, 1.82) is 0 Å². The molecule has 0 saturated carbocycles. The van der Waals surface area contributed by atoms with E-state index in [1.54, 1.807) is 6.07 Å². The van der Waals surface area contributed by atoms with Crippen LogP contribution in [0.5, 0.6) is 5.75 Å². The minimum Gasteiger partial charge on any atom is -0.425 e. The van der Waals surface area contributed by atoms with Crippen LogP contribution in [0.15, 0.2) is 60.7 Å². The average molecular weight is 335 g/mol. The van der Waals surface area contributed by atoms with Crippen LogP contribution in [0.2, 0.25) is 0 Å². The van der Waals surface area contributed by atoms with Crippen LogP contribution in [0, 0.1) is 5.82 Å². The van der Waals surface area contributed by atoms with Gasteiger partial charge in [0.1, 0.15) is 11.6 Å². The summed E-state index contributed by atoms with van der Waals surface area (Å²) in [5, 5.41) is 4.37. The minimum atomic E-state index is -0.761. The summed E-state index contributed by atoms with van der Waals surface area (Å²) in [6.45, 7) is 0. The number of benzene rings is 3. The van der Waals surface area contributed by atoms with Crippen molar-refractivity contribution >= 4 is 28.3 Å². The van der Waals surface area contributed by atoms with Gasteiger partial charge in [-0.25, -0.2) is 4.39 Å². The first kappa shape index (κ1) is 15.3. The van der Waals surface area contributed by atoms with Gasteiger partial charge in [-0.1, -0.05) is 42.5 Å². The minimum absolute atomic E-state index is 0.0256. The van der Waals surface area contributed by atoms with Gasteiger partial charge < -0.3 is 10.1 Å². The Morgan fingerprint density at radius 1 is 1.08 bits per heavy atom. The molecule has 1 amide bonds. The third-order valence-electron chi connectivity index (χ3n) is 4.30. The molecule has 1 unspecified atom stereocenters. The van der Waals surface area contributed by atoms with E-state index in [0.717, 1.165) is 10.8 Å². The van der Waals surface area contributed by atoms with Gasteiger partial charge in [0.2, 0.25) is 5.91 Å². The summed E-state index contributed by atoms with van der Waals surface area (Å²) in [4.78, 5) is 24.6. The topological polar surface area (TPSA) is 55.4 Å². The lowest BCUT2D eigenvalue weighted by Crippen LogP contribution is -2.30. The van der Waals surface area contributed by atoms with Crippen LogP contribution in [-0.4, -0.2) is 11.9 Å². The third kappa shape index (κ3) is 2.85. The van der Waals surface area contributed by atoms with Gasteiger partial charge >= 0.3 is 5.97 Å². The molecule has 0 bridgehead atoms. The zero-order chi connectivity index (χ0) is 17.4. The molecule has 25 heavy (non-hydrogen) atoms. The maximum absolute atomic E-state index is 13.4. The van der Waals surface area contributed by atoms with Crippen molar-refractivity contribution in [2.75, 3.05) is 5.32 Å². The van der Waals surface area contributed by atoms with E-state index < -0.39 is 17.7 Å². The first-order chi connectivity index (χ1) is 12.1. The maximum atomic E-state index is 13.4. The molecule has 1 atom stereocenters. The van der Waals surface area contributed by atoms with Crippen LogP contribution in [0.1, 0.15) is 17.9 Å². The fraction of sp³-hybridized carbons (Fsp3) is 0.100. The first-order valence-electron chi connectivity index (χ1n) is 7.90. The molecule has 0 aliphatic carbocycles. The van der Waals surface area contributed by atoms with Gasteiger partial charge in [0, 0.05) is 17.5 Å². The van der Waals surface area contributed by atoms with E-state index >= 15 is 0 Å². The fourth-order valence-corrected chi connectivity index (χ4v) is 3.11. The number of esters is 1. The highest BCUT2D eigenvalue weighted by Crippen LogP contribution is 2.35. The number of hydrogen-bond acceptors (Lipinski definition) is 3. The van der Waals surface area contributed by atoms with Gasteiger partial charge in [0.15, 0.2) is 0 Å². The molecule has 0 radical (unpaired) electrons. The van der Waals surface area contributed by atoms with Crippen molar-refractivity contribution in [1.82, 2.24) is 0 Å². The number of carbonyl (C=O) groups excluding carboxylic acids is 2. The van der Waals surface area contributed by atoms with E-state index in [1.807, 2.05) is 36.4 Å².